The minimum absolute atomic E-state index is 0. The van der Waals surface area contributed by atoms with Crippen LogP contribution in [0.2, 0.25) is 0 Å². The van der Waals surface area contributed by atoms with Crippen LogP contribution in [-0.4, -0.2) is 65.7 Å². The van der Waals surface area contributed by atoms with Gasteiger partial charge in [-0.25, -0.2) is 10.2 Å². The smallest absolute Gasteiger partial charge is 0.273 e. The number of hydrogen-bond donors (Lipinski definition) is 2. The average molecular weight is 574 g/mol. The molecule has 0 aromatic heterocycles. The van der Waals surface area contributed by atoms with Crippen molar-refractivity contribution in [1.29, 1.82) is 0 Å². The molecule has 218 valence electrons. The van der Waals surface area contributed by atoms with Gasteiger partial charge in [0, 0.05) is 12.8 Å². The second kappa shape index (κ2) is 16.4. The van der Waals surface area contributed by atoms with Crippen LogP contribution in [0.1, 0.15) is 93.9 Å². The number of nitrogens with zero attached hydrogens (tertiary/aromatic N) is 2. The first-order valence-corrected chi connectivity index (χ1v) is 13.4. The average Bonchev–Trinajstić information content (AvgIpc) is 3.32. The largest absolute Gasteiger partial charge is 0.279 e. The maximum atomic E-state index is 12.0. The SMILES string of the molecule is C.CCC(C)(CC)ON1C(=O)CC(S(=O)(=O)OC)C1=O.CCC(C)(CC)ON1C(=O)CCC1=O.NOS. The Morgan fingerprint density at radius 3 is 1.54 bits per heavy atom. The highest BCUT2D eigenvalue weighted by molar-refractivity contribution is 7.88. The van der Waals surface area contributed by atoms with E-state index in [0.717, 1.165) is 25.0 Å². The Kier molecular flexibility index (Phi) is 16.6. The maximum absolute atomic E-state index is 12.0. The standard InChI is InChI=1S/C11H19NO6S.C10H17NO3.CH4.H3NOS/c1-5-11(3,6-2)18-12-9(13)7-8(10(12)14)19(15,16)17-4;1-4-10(3,5-2)14-11-8(12)6-7-9(11)13;;1-2-3/h8H,5-7H2,1-4H3;4-7H2,1-3H3;1H4;3H,1H2. The van der Waals surface area contributed by atoms with E-state index in [-0.39, 0.29) is 32.1 Å². The Hall–Kier alpha value is -1.62. The van der Waals surface area contributed by atoms with Gasteiger partial charge in [0.2, 0.25) is 0 Å². The molecule has 0 aromatic rings. The second-order valence-corrected chi connectivity index (χ2v) is 10.7. The monoisotopic (exact) mass is 573 g/mol. The molecule has 0 bridgehead atoms. The lowest BCUT2D eigenvalue weighted by Gasteiger charge is -2.30. The van der Waals surface area contributed by atoms with Gasteiger partial charge in [0.05, 0.1) is 24.7 Å². The van der Waals surface area contributed by atoms with Gasteiger partial charge in [0.25, 0.3) is 33.7 Å². The predicted molar refractivity (Wildman–Crippen MR) is 138 cm³/mol. The van der Waals surface area contributed by atoms with E-state index in [2.05, 4.69) is 27.3 Å². The van der Waals surface area contributed by atoms with Crippen molar-refractivity contribution in [2.45, 2.75) is 110 Å². The summed E-state index contributed by atoms with van der Waals surface area (Å²) in [6.07, 6.45) is 2.84. The summed E-state index contributed by atoms with van der Waals surface area (Å²) in [6.45, 7) is 11.3. The lowest BCUT2D eigenvalue weighted by Crippen LogP contribution is -2.42. The van der Waals surface area contributed by atoms with Crippen LogP contribution in [0.15, 0.2) is 0 Å². The molecule has 0 aliphatic carbocycles. The van der Waals surface area contributed by atoms with Gasteiger partial charge in [-0.1, -0.05) is 35.1 Å². The molecule has 37 heavy (non-hydrogen) atoms. The van der Waals surface area contributed by atoms with Gasteiger partial charge in [-0.15, -0.1) is 0 Å². The van der Waals surface area contributed by atoms with Crippen molar-refractivity contribution < 1.29 is 45.7 Å². The van der Waals surface area contributed by atoms with Crippen LogP contribution in [0.5, 0.6) is 0 Å². The first-order chi connectivity index (χ1) is 16.6. The van der Waals surface area contributed by atoms with Gasteiger partial charge in [0.15, 0.2) is 5.25 Å². The Morgan fingerprint density at radius 2 is 1.22 bits per heavy atom. The minimum atomic E-state index is -4.07. The van der Waals surface area contributed by atoms with E-state index in [4.69, 9.17) is 9.68 Å². The van der Waals surface area contributed by atoms with Gasteiger partial charge >= 0.3 is 0 Å². The lowest BCUT2D eigenvalue weighted by atomic mass is 10.0. The van der Waals surface area contributed by atoms with Gasteiger partial charge in [-0.2, -0.15) is 18.5 Å². The third-order valence-corrected chi connectivity index (χ3v) is 7.79. The summed E-state index contributed by atoms with van der Waals surface area (Å²) in [5, 5.41) is -0.00992. The molecule has 1 unspecified atom stereocenters. The molecule has 2 heterocycles. The maximum Gasteiger partial charge on any atom is 0.279 e. The third kappa shape index (κ3) is 10.6. The molecule has 0 saturated carbocycles. The van der Waals surface area contributed by atoms with Crippen LogP contribution in [0, 0.1) is 0 Å². The molecule has 2 aliphatic rings. The first-order valence-electron chi connectivity index (χ1n) is 11.5. The number of carbonyl (C=O) groups is 4. The van der Waals surface area contributed by atoms with Crippen LogP contribution in [0.4, 0.5) is 0 Å². The van der Waals surface area contributed by atoms with Crippen LogP contribution in [0.25, 0.3) is 0 Å². The molecule has 15 heteroatoms. The number of imide groups is 2. The van der Waals surface area contributed by atoms with E-state index in [1.165, 1.54) is 0 Å². The Balaban J connectivity index is 0. The first kappa shape index (κ1) is 37.5. The molecule has 2 fully saturated rings. The Labute approximate surface area is 225 Å². The molecular weight excluding hydrogens is 530 g/mol. The minimum Gasteiger partial charge on any atom is -0.273 e. The zero-order valence-electron chi connectivity index (χ0n) is 21.9. The highest BCUT2D eigenvalue weighted by Crippen LogP contribution is 2.28. The van der Waals surface area contributed by atoms with E-state index < -0.39 is 44.8 Å². The van der Waals surface area contributed by atoms with Crippen LogP contribution in [-0.2, 0) is 47.4 Å². The van der Waals surface area contributed by atoms with Gasteiger partial charge < -0.3 is 0 Å². The Bertz CT molecular complexity index is 858. The number of thiol groups is 1. The molecule has 2 aliphatic heterocycles. The van der Waals surface area contributed by atoms with Crippen LogP contribution < -0.4 is 5.90 Å². The van der Waals surface area contributed by atoms with E-state index >= 15 is 0 Å². The number of nitrogens with two attached hydrogens (primary N) is 1. The molecule has 0 spiro atoms. The number of hydroxylamine groups is 4. The van der Waals surface area contributed by atoms with Crippen molar-refractivity contribution in [2.24, 2.45) is 5.90 Å². The normalized spacial score (nSPS) is 18.2. The summed E-state index contributed by atoms with van der Waals surface area (Å²) in [5.41, 5.74) is -1.09. The highest BCUT2D eigenvalue weighted by Gasteiger charge is 2.49. The summed E-state index contributed by atoms with van der Waals surface area (Å²) in [5.74, 6) is 2.22. The van der Waals surface area contributed by atoms with E-state index in [1.807, 2.05) is 34.6 Å². The molecule has 2 rings (SSSR count). The summed E-state index contributed by atoms with van der Waals surface area (Å²) < 4.78 is 30.8. The molecule has 1 atom stereocenters. The molecular formula is C22H43N3O10S2. The van der Waals surface area contributed by atoms with Crippen LogP contribution >= 0.6 is 12.9 Å². The van der Waals surface area contributed by atoms with Gasteiger partial charge in [-0.05, 0) is 52.4 Å². The third-order valence-electron chi connectivity index (χ3n) is 6.26. The fourth-order valence-corrected chi connectivity index (χ4v) is 3.80. The summed E-state index contributed by atoms with van der Waals surface area (Å²) in [6, 6.07) is 0. The topological polar surface area (TPSA) is 172 Å². The number of amides is 4. The van der Waals surface area contributed by atoms with E-state index in [1.54, 1.807) is 6.92 Å². The van der Waals surface area contributed by atoms with Gasteiger partial charge in [0.1, 0.15) is 0 Å². The van der Waals surface area contributed by atoms with Crippen molar-refractivity contribution in [1.82, 2.24) is 10.1 Å². The predicted octanol–water partition coefficient (Wildman–Crippen LogP) is 2.60. The van der Waals surface area contributed by atoms with Gasteiger partial charge in [-0.3, -0.25) is 33.0 Å². The molecule has 0 aromatic carbocycles. The molecule has 2 N–H and O–H groups in total. The van der Waals surface area contributed by atoms with Crippen molar-refractivity contribution >= 4 is 46.7 Å². The number of rotatable bonds is 10. The quantitative estimate of drug-likeness (QED) is 0.129. The molecule has 13 nitrogen and oxygen atoms in total. The van der Waals surface area contributed by atoms with Crippen molar-refractivity contribution in [2.75, 3.05) is 7.11 Å². The van der Waals surface area contributed by atoms with E-state index in [9.17, 15) is 27.6 Å². The van der Waals surface area contributed by atoms with Crippen molar-refractivity contribution in [3.63, 3.8) is 0 Å². The number of carbonyl (C=O) groups excluding carboxylic acids is 4. The van der Waals surface area contributed by atoms with Crippen molar-refractivity contribution in [3.8, 4) is 0 Å². The zero-order valence-corrected chi connectivity index (χ0v) is 23.6. The summed E-state index contributed by atoms with van der Waals surface area (Å²) >= 11 is 3.07. The fraction of sp³-hybridized carbons (Fsp3) is 0.818. The summed E-state index contributed by atoms with van der Waals surface area (Å²) in [4.78, 5) is 57.1. The second-order valence-electron chi connectivity index (χ2n) is 8.56. The van der Waals surface area contributed by atoms with Crippen molar-refractivity contribution in [3.05, 3.63) is 0 Å². The van der Waals surface area contributed by atoms with E-state index in [0.29, 0.717) is 17.9 Å². The Morgan fingerprint density at radius 1 is 0.865 bits per heavy atom. The molecule has 4 amide bonds. The van der Waals surface area contributed by atoms with Crippen LogP contribution in [0.3, 0.4) is 0 Å². The number of hydrogen-bond acceptors (Lipinski definition) is 12. The molecule has 2 saturated heterocycles. The zero-order chi connectivity index (χ0) is 28.3. The summed E-state index contributed by atoms with van der Waals surface area (Å²) in [7, 11) is -3.12. The highest BCUT2D eigenvalue weighted by atomic mass is 32.2. The fourth-order valence-electron chi connectivity index (χ4n) is 2.88. The lowest BCUT2D eigenvalue weighted by molar-refractivity contribution is -0.228. The molecule has 0 radical (unpaired) electrons.